The molecule has 0 unspecified atom stereocenters. The minimum atomic E-state index is -3.90. The first-order valence-corrected chi connectivity index (χ1v) is 5.51. The number of aromatic hydroxyl groups is 1. The lowest BCUT2D eigenvalue weighted by Crippen LogP contribution is -2.21. The first-order chi connectivity index (χ1) is 6.29. The van der Waals surface area contributed by atoms with Crippen molar-refractivity contribution in [2.45, 2.75) is 6.92 Å². The SMILES string of the molecule is Cc1cc(Cl)cc(NS(N)(=O)=O)c1O. The number of phenols is 1. The van der Waals surface area contributed by atoms with Crippen LogP contribution in [0.25, 0.3) is 0 Å². The van der Waals surface area contributed by atoms with Crippen molar-refractivity contribution in [3.8, 4) is 5.75 Å². The van der Waals surface area contributed by atoms with Crippen LogP contribution in [0, 0.1) is 6.92 Å². The molecule has 1 rings (SSSR count). The van der Waals surface area contributed by atoms with E-state index in [1.165, 1.54) is 12.1 Å². The van der Waals surface area contributed by atoms with Gasteiger partial charge in [-0.3, -0.25) is 4.72 Å². The van der Waals surface area contributed by atoms with Gasteiger partial charge in [-0.1, -0.05) is 11.6 Å². The van der Waals surface area contributed by atoms with E-state index in [1.807, 2.05) is 4.72 Å². The Balaban J connectivity index is 3.22. The molecule has 0 heterocycles. The molecule has 0 bridgehead atoms. The van der Waals surface area contributed by atoms with Crippen LogP contribution in [-0.4, -0.2) is 13.5 Å². The third kappa shape index (κ3) is 2.76. The van der Waals surface area contributed by atoms with Crippen LogP contribution in [0.4, 0.5) is 5.69 Å². The molecule has 14 heavy (non-hydrogen) atoms. The molecule has 78 valence electrons. The molecule has 5 nitrogen and oxygen atoms in total. The average Bonchev–Trinajstić information content (AvgIpc) is 1.96. The molecule has 0 spiro atoms. The van der Waals surface area contributed by atoms with Crippen LogP contribution in [0.5, 0.6) is 5.75 Å². The molecular formula is C7H9ClN2O3S. The van der Waals surface area contributed by atoms with E-state index >= 15 is 0 Å². The number of nitrogens with two attached hydrogens (primary N) is 1. The van der Waals surface area contributed by atoms with E-state index < -0.39 is 10.2 Å². The van der Waals surface area contributed by atoms with Crippen molar-refractivity contribution in [3.63, 3.8) is 0 Å². The van der Waals surface area contributed by atoms with Crippen molar-refractivity contribution in [2.75, 3.05) is 4.72 Å². The fourth-order valence-corrected chi connectivity index (χ4v) is 1.70. The fourth-order valence-electron chi connectivity index (χ4n) is 0.967. The first-order valence-electron chi connectivity index (χ1n) is 3.59. The van der Waals surface area contributed by atoms with Crippen LogP contribution in [0.2, 0.25) is 5.02 Å². The average molecular weight is 237 g/mol. The zero-order chi connectivity index (χ0) is 10.9. The number of phenolic OH excluding ortho intramolecular Hbond substituents is 1. The number of rotatable bonds is 2. The van der Waals surface area contributed by atoms with Gasteiger partial charge in [0.25, 0.3) is 10.2 Å². The Hall–Kier alpha value is -0.980. The molecule has 0 radical (unpaired) electrons. The van der Waals surface area contributed by atoms with Gasteiger partial charge in [0.1, 0.15) is 5.75 Å². The van der Waals surface area contributed by atoms with Gasteiger partial charge in [0.05, 0.1) is 5.69 Å². The minimum absolute atomic E-state index is 0.0301. The summed E-state index contributed by atoms with van der Waals surface area (Å²) in [6, 6.07) is 2.78. The van der Waals surface area contributed by atoms with Crippen molar-refractivity contribution in [1.29, 1.82) is 0 Å². The lowest BCUT2D eigenvalue weighted by molar-refractivity contribution is 0.473. The van der Waals surface area contributed by atoms with E-state index in [-0.39, 0.29) is 11.4 Å². The van der Waals surface area contributed by atoms with Crippen LogP contribution in [0.1, 0.15) is 5.56 Å². The number of hydrogen-bond acceptors (Lipinski definition) is 3. The highest BCUT2D eigenvalue weighted by molar-refractivity contribution is 7.90. The van der Waals surface area contributed by atoms with Gasteiger partial charge in [0.15, 0.2) is 0 Å². The molecule has 0 fully saturated rings. The second-order valence-electron chi connectivity index (χ2n) is 2.77. The molecule has 0 amide bonds. The molecule has 0 saturated carbocycles. The van der Waals surface area contributed by atoms with Gasteiger partial charge in [-0.15, -0.1) is 0 Å². The summed E-state index contributed by atoms with van der Waals surface area (Å²) < 4.78 is 23.3. The monoisotopic (exact) mass is 236 g/mol. The Morgan fingerprint density at radius 2 is 2.07 bits per heavy atom. The summed E-state index contributed by atoms with van der Waals surface area (Å²) in [5, 5.41) is 14.5. The summed E-state index contributed by atoms with van der Waals surface area (Å²) in [6.45, 7) is 1.59. The molecule has 4 N–H and O–H groups in total. The summed E-state index contributed by atoms with van der Waals surface area (Å²) in [4.78, 5) is 0. The van der Waals surface area contributed by atoms with Gasteiger partial charge in [0.2, 0.25) is 0 Å². The van der Waals surface area contributed by atoms with E-state index in [9.17, 15) is 13.5 Å². The maximum Gasteiger partial charge on any atom is 0.296 e. The lowest BCUT2D eigenvalue weighted by atomic mass is 10.2. The second-order valence-corrected chi connectivity index (χ2v) is 4.50. The summed E-state index contributed by atoms with van der Waals surface area (Å²) in [6.07, 6.45) is 0. The quantitative estimate of drug-likeness (QED) is 0.668. The van der Waals surface area contributed by atoms with E-state index in [2.05, 4.69) is 0 Å². The molecule has 7 heteroatoms. The Kier molecular flexibility index (Phi) is 2.89. The molecule has 0 aromatic heterocycles. The van der Waals surface area contributed by atoms with Gasteiger partial charge in [0, 0.05) is 5.02 Å². The van der Waals surface area contributed by atoms with Crippen molar-refractivity contribution < 1.29 is 13.5 Å². The summed E-state index contributed by atoms with van der Waals surface area (Å²) in [7, 11) is -3.90. The predicted molar refractivity (Wildman–Crippen MR) is 54.6 cm³/mol. The number of anilines is 1. The van der Waals surface area contributed by atoms with Crippen LogP contribution in [0.3, 0.4) is 0 Å². The minimum Gasteiger partial charge on any atom is -0.505 e. The molecule has 0 aliphatic heterocycles. The Morgan fingerprint density at radius 1 is 1.50 bits per heavy atom. The third-order valence-electron chi connectivity index (χ3n) is 1.52. The van der Waals surface area contributed by atoms with Gasteiger partial charge in [-0.2, -0.15) is 8.42 Å². The van der Waals surface area contributed by atoms with Crippen LogP contribution >= 0.6 is 11.6 Å². The normalized spacial score (nSPS) is 11.4. The topological polar surface area (TPSA) is 92.4 Å². The maximum atomic E-state index is 10.7. The van der Waals surface area contributed by atoms with Crippen LogP contribution in [-0.2, 0) is 10.2 Å². The first kappa shape index (κ1) is 11.1. The van der Waals surface area contributed by atoms with Gasteiger partial charge < -0.3 is 5.11 Å². The predicted octanol–water partition coefficient (Wildman–Crippen LogP) is 0.969. The van der Waals surface area contributed by atoms with E-state index in [0.29, 0.717) is 10.6 Å². The molecule has 1 aromatic rings. The number of hydrogen-bond donors (Lipinski definition) is 3. The molecule has 0 atom stereocenters. The summed E-state index contributed by atoms with van der Waals surface area (Å²) in [5.41, 5.74) is 0.432. The molecule has 0 aliphatic carbocycles. The molecule has 1 aromatic carbocycles. The van der Waals surface area contributed by atoms with Crippen molar-refractivity contribution in [3.05, 3.63) is 22.7 Å². The Labute approximate surface area is 86.7 Å². The van der Waals surface area contributed by atoms with Gasteiger partial charge in [-0.25, -0.2) is 5.14 Å². The van der Waals surface area contributed by atoms with E-state index in [4.69, 9.17) is 16.7 Å². The highest BCUT2D eigenvalue weighted by Crippen LogP contribution is 2.31. The number of benzene rings is 1. The highest BCUT2D eigenvalue weighted by Gasteiger charge is 2.10. The Morgan fingerprint density at radius 3 is 2.57 bits per heavy atom. The van der Waals surface area contributed by atoms with Gasteiger partial charge in [-0.05, 0) is 24.6 Å². The molecule has 0 aliphatic rings. The van der Waals surface area contributed by atoms with Crippen molar-refractivity contribution in [2.24, 2.45) is 5.14 Å². The molecule has 0 saturated heterocycles. The third-order valence-corrected chi connectivity index (χ3v) is 2.24. The smallest absolute Gasteiger partial charge is 0.296 e. The standard InChI is InChI=1S/C7H9ClN2O3S/c1-4-2-5(8)3-6(7(4)11)10-14(9,12)13/h2-3,10-11H,1H3,(H2,9,12,13). The van der Waals surface area contributed by atoms with E-state index in [0.717, 1.165) is 0 Å². The lowest BCUT2D eigenvalue weighted by Gasteiger charge is -2.08. The Bertz CT molecular complexity index is 458. The van der Waals surface area contributed by atoms with Gasteiger partial charge >= 0.3 is 0 Å². The largest absolute Gasteiger partial charge is 0.505 e. The van der Waals surface area contributed by atoms with E-state index in [1.54, 1.807) is 6.92 Å². The van der Waals surface area contributed by atoms with Crippen molar-refractivity contribution in [1.82, 2.24) is 0 Å². The van der Waals surface area contributed by atoms with Crippen molar-refractivity contribution >= 4 is 27.5 Å². The second kappa shape index (κ2) is 3.64. The number of halogens is 1. The van der Waals surface area contributed by atoms with Crippen LogP contribution in [0.15, 0.2) is 12.1 Å². The molecular weight excluding hydrogens is 228 g/mol. The summed E-state index contributed by atoms with van der Waals surface area (Å²) >= 11 is 5.66. The number of nitrogens with one attached hydrogen (secondary N) is 1. The van der Waals surface area contributed by atoms with Crippen LogP contribution < -0.4 is 9.86 Å². The fraction of sp³-hybridized carbons (Fsp3) is 0.143. The zero-order valence-corrected chi connectivity index (χ0v) is 8.85. The highest BCUT2D eigenvalue weighted by atomic mass is 35.5. The number of aryl methyl sites for hydroxylation is 1. The summed E-state index contributed by atoms with van der Waals surface area (Å²) in [5.74, 6) is -0.191. The maximum absolute atomic E-state index is 10.7. The zero-order valence-electron chi connectivity index (χ0n) is 7.28.